The van der Waals surface area contributed by atoms with Crippen molar-refractivity contribution in [3.05, 3.63) is 39.7 Å². The molecule has 2 aromatic rings. The van der Waals surface area contributed by atoms with Crippen LogP contribution >= 0.6 is 0 Å². The molecule has 7 heteroatoms. The van der Waals surface area contributed by atoms with Gasteiger partial charge in [-0.2, -0.15) is 0 Å². The minimum atomic E-state index is -0.418. The van der Waals surface area contributed by atoms with Crippen molar-refractivity contribution in [2.24, 2.45) is 0 Å². The van der Waals surface area contributed by atoms with Crippen molar-refractivity contribution >= 4 is 28.6 Å². The molecule has 1 aromatic carbocycles. The number of imide groups is 1. The molecule has 1 saturated heterocycles. The third kappa shape index (κ3) is 3.16. The highest BCUT2D eigenvalue weighted by Gasteiger charge is 2.28. The van der Waals surface area contributed by atoms with Gasteiger partial charge in [-0.25, -0.2) is 9.59 Å². The van der Waals surface area contributed by atoms with Crippen LogP contribution in [0.2, 0.25) is 0 Å². The molecular formula is C19H23N3O4. The lowest BCUT2D eigenvalue weighted by atomic mass is 10.0. The number of benzene rings is 1. The molecule has 1 aliphatic heterocycles. The molecule has 0 unspecified atom stereocenters. The molecule has 0 bridgehead atoms. The summed E-state index contributed by atoms with van der Waals surface area (Å²) in [5.41, 5.74) is 2.47. The van der Waals surface area contributed by atoms with E-state index in [1.54, 1.807) is 0 Å². The monoisotopic (exact) mass is 357 g/mol. The standard InChI is InChI=1S/C19H23N3O4/c1-4-21(5-2)13-6-7-14-12(3)15(18(24)26-16(14)10-13)8-9-22-17(23)11-20-19(22)25/h6-7,10H,4-5,8-9,11H2,1-3H3,(H,20,25). The fourth-order valence-electron chi connectivity index (χ4n) is 3.36. The van der Waals surface area contributed by atoms with E-state index in [4.69, 9.17) is 4.42 Å². The normalized spacial score (nSPS) is 14.2. The number of hydrogen-bond donors (Lipinski definition) is 1. The second-order valence-corrected chi connectivity index (χ2v) is 6.30. The van der Waals surface area contributed by atoms with Crippen LogP contribution in [-0.2, 0) is 11.2 Å². The van der Waals surface area contributed by atoms with E-state index >= 15 is 0 Å². The van der Waals surface area contributed by atoms with E-state index in [-0.39, 0.29) is 25.4 Å². The summed E-state index contributed by atoms with van der Waals surface area (Å²) >= 11 is 0. The van der Waals surface area contributed by atoms with Gasteiger partial charge in [0.2, 0.25) is 5.91 Å². The predicted molar refractivity (Wildman–Crippen MR) is 99.6 cm³/mol. The molecule has 1 fully saturated rings. The van der Waals surface area contributed by atoms with E-state index in [2.05, 4.69) is 24.1 Å². The molecule has 1 aliphatic rings. The molecule has 0 aliphatic carbocycles. The minimum Gasteiger partial charge on any atom is -0.422 e. The largest absolute Gasteiger partial charge is 0.422 e. The quantitative estimate of drug-likeness (QED) is 0.632. The zero-order valence-corrected chi connectivity index (χ0v) is 15.3. The Kier molecular flexibility index (Phi) is 4.97. The molecule has 3 amide bonds. The molecule has 1 aromatic heterocycles. The first-order valence-electron chi connectivity index (χ1n) is 8.85. The Hall–Kier alpha value is -2.83. The highest BCUT2D eigenvalue weighted by Crippen LogP contribution is 2.25. The first kappa shape index (κ1) is 18.0. The number of nitrogens with zero attached hydrogens (tertiary/aromatic N) is 2. The Labute approximate surface area is 151 Å². The van der Waals surface area contributed by atoms with Crippen LogP contribution in [0.4, 0.5) is 10.5 Å². The number of amides is 3. The highest BCUT2D eigenvalue weighted by molar-refractivity contribution is 6.01. The molecule has 3 rings (SSSR count). The van der Waals surface area contributed by atoms with Crippen molar-refractivity contribution in [3.63, 3.8) is 0 Å². The maximum Gasteiger partial charge on any atom is 0.339 e. The zero-order valence-electron chi connectivity index (χ0n) is 15.3. The van der Waals surface area contributed by atoms with Gasteiger partial charge in [-0.3, -0.25) is 9.69 Å². The second-order valence-electron chi connectivity index (χ2n) is 6.30. The molecule has 0 radical (unpaired) electrons. The van der Waals surface area contributed by atoms with Gasteiger partial charge >= 0.3 is 11.7 Å². The van der Waals surface area contributed by atoms with E-state index in [9.17, 15) is 14.4 Å². The Morgan fingerprint density at radius 3 is 2.54 bits per heavy atom. The molecule has 2 heterocycles. The van der Waals surface area contributed by atoms with Gasteiger partial charge in [0, 0.05) is 42.3 Å². The second kappa shape index (κ2) is 7.19. The van der Waals surface area contributed by atoms with E-state index < -0.39 is 11.7 Å². The zero-order chi connectivity index (χ0) is 18.8. The Morgan fingerprint density at radius 2 is 1.92 bits per heavy atom. The Bertz CT molecular complexity index is 899. The fourth-order valence-corrected chi connectivity index (χ4v) is 3.36. The maximum atomic E-state index is 12.5. The summed E-state index contributed by atoms with van der Waals surface area (Å²) in [6, 6.07) is 5.45. The number of carbonyl (C=O) groups is 2. The first-order chi connectivity index (χ1) is 12.5. The van der Waals surface area contributed by atoms with Gasteiger partial charge in [0.05, 0.1) is 6.54 Å². The molecule has 1 N–H and O–H groups in total. The molecule has 138 valence electrons. The van der Waals surface area contributed by atoms with Crippen LogP contribution in [0.1, 0.15) is 25.0 Å². The lowest BCUT2D eigenvalue weighted by Crippen LogP contribution is -2.33. The summed E-state index contributed by atoms with van der Waals surface area (Å²) < 4.78 is 5.54. The van der Waals surface area contributed by atoms with Gasteiger partial charge in [-0.15, -0.1) is 0 Å². The summed E-state index contributed by atoms with van der Waals surface area (Å²) in [6.07, 6.45) is 0.279. The SMILES string of the molecule is CCN(CC)c1ccc2c(C)c(CCN3C(=O)CNC3=O)c(=O)oc2c1. The summed E-state index contributed by atoms with van der Waals surface area (Å²) in [6.45, 7) is 7.95. The maximum absolute atomic E-state index is 12.5. The highest BCUT2D eigenvalue weighted by atomic mass is 16.4. The summed E-state index contributed by atoms with van der Waals surface area (Å²) in [4.78, 5) is 39.1. The van der Waals surface area contributed by atoms with Crippen molar-refractivity contribution in [1.82, 2.24) is 10.2 Å². The van der Waals surface area contributed by atoms with E-state index in [1.165, 1.54) is 0 Å². The van der Waals surface area contributed by atoms with Crippen LogP contribution in [0.5, 0.6) is 0 Å². The van der Waals surface area contributed by atoms with Crippen molar-refractivity contribution in [3.8, 4) is 0 Å². The topological polar surface area (TPSA) is 82.9 Å². The number of hydrogen-bond acceptors (Lipinski definition) is 5. The minimum absolute atomic E-state index is 0.0122. The van der Waals surface area contributed by atoms with Crippen molar-refractivity contribution in [2.75, 3.05) is 31.1 Å². The van der Waals surface area contributed by atoms with E-state index in [1.807, 2.05) is 25.1 Å². The molecule has 0 atom stereocenters. The van der Waals surface area contributed by atoms with Gasteiger partial charge in [0.15, 0.2) is 0 Å². The van der Waals surface area contributed by atoms with Crippen LogP contribution in [0.3, 0.4) is 0 Å². The Morgan fingerprint density at radius 1 is 1.19 bits per heavy atom. The first-order valence-corrected chi connectivity index (χ1v) is 8.85. The smallest absolute Gasteiger partial charge is 0.339 e. The third-order valence-electron chi connectivity index (χ3n) is 4.92. The predicted octanol–water partition coefficient (Wildman–Crippen LogP) is 2.04. The lowest BCUT2D eigenvalue weighted by molar-refractivity contribution is -0.124. The molecule has 7 nitrogen and oxygen atoms in total. The number of carbonyl (C=O) groups excluding carboxylic acids is 2. The summed E-state index contributed by atoms with van der Waals surface area (Å²) in [5, 5.41) is 3.34. The van der Waals surface area contributed by atoms with Crippen LogP contribution in [0, 0.1) is 6.92 Å². The average molecular weight is 357 g/mol. The van der Waals surface area contributed by atoms with Gasteiger partial charge < -0.3 is 14.6 Å². The Balaban J connectivity index is 1.92. The van der Waals surface area contributed by atoms with E-state index in [0.717, 1.165) is 34.6 Å². The molecule has 0 spiro atoms. The lowest BCUT2D eigenvalue weighted by Gasteiger charge is -2.21. The molecular weight excluding hydrogens is 334 g/mol. The van der Waals surface area contributed by atoms with Gasteiger partial charge in [-0.1, -0.05) is 0 Å². The van der Waals surface area contributed by atoms with Crippen molar-refractivity contribution < 1.29 is 14.0 Å². The average Bonchev–Trinajstić information content (AvgIpc) is 2.94. The molecule has 0 saturated carbocycles. The van der Waals surface area contributed by atoms with Gasteiger partial charge in [0.25, 0.3) is 0 Å². The third-order valence-corrected chi connectivity index (χ3v) is 4.92. The number of nitrogens with one attached hydrogen (secondary N) is 1. The molecule has 26 heavy (non-hydrogen) atoms. The van der Waals surface area contributed by atoms with Gasteiger partial charge in [0.1, 0.15) is 5.58 Å². The van der Waals surface area contributed by atoms with Crippen molar-refractivity contribution in [2.45, 2.75) is 27.2 Å². The van der Waals surface area contributed by atoms with Crippen LogP contribution in [0.15, 0.2) is 27.4 Å². The van der Waals surface area contributed by atoms with Crippen LogP contribution in [-0.4, -0.2) is 43.0 Å². The number of fused-ring (bicyclic) bond motifs is 1. The number of urea groups is 1. The number of anilines is 1. The van der Waals surface area contributed by atoms with Crippen molar-refractivity contribution in [1.29, 1.82) is 0 Å². The number of aryl methyl sites for hydroxylation is 1. The summed E-state index contributed by atoms with van der Waals surface area (Å²) in [7, 11) is 0. The van der Waals surface area contributed by atoms with E-state index in [0.29, 0.717) is 11.1 Å². The number of rotatable bonds is 6. The van der Waals surface area contributed by atoms with Gasteiger partial charge in [-0.05, 0) is 44.9 Å². The van der Waals surface area contributed by atoms with Crippen LogP contribution < -0.4 is 15.8 Å². The fraction of sp³-hybridized carbons (Fsp3) is 0.421. The van der Waals surface area contributed by atoms with Crippen LogP contribution in [0.25, 0.3) is 11.0 Å². The summed E-state index contributed by atoms with van der Waals surface area (Å²) in [5.74, 6) is -0.276.